The first kappa shape index (κ1) is 18.9. The van der Waals surface area contributed by atoms with Gasteiger partial charge in [-0.2, -0.15) is 0 Å². The van der Waals surface area contributed by atoms with E-state index in [2.05, 4.69) is 34.6 Å². The van der Waals surface area contributed by atoms with Crippen molar-refractivity contribution < 1.29 is 14.3 Å². The molecule has 2 saturated carbocycles. The molecule has 0 amide bonds. The molecular formula is C22H36O3. The Morgan fingerprint density at radius 2 is 1.84 bits per heavy atom. The molecule has 3 aliphatic rings. The first-order valence-corrected chi connectivity index (χ1v) is 10.1. The molecule has 2 aliphatic carbocycles. The van der Waals surface area contributed by atoms with Gasteiger partial charge in [0.25, 0.3) is 0 Å². The summed E-state index contributed by atoms with van der Waals surface area (Å²) in [5, 5.41) is 0. The van der Waals surface area contributed by atoms with Crippen LogP contribution in [0.25, 0.3) is 0 Å². The highest BCUT2D eigenvalue weighted by Crippen LogP contribution is 2.65. The molecule has 142 valence electrons. The van der Waals surface area contributed by atoms with E-state index in [4.69, 9.17) is 9.47 Å². The second-order valence-electron chi connectivity index (χ2n) is 9.90. The summed E-state index contributed by atoms with van der Waals surface area (Å²) in [7, 11) is 0. The Morgan fingerprint density at radius 3 is 2.52 bits per heavy atom. The van der Waals surface area contributed by atoms with Crippen molar-refractivity contribution in [2.45, 2.75) is 91.8 Å². The lowest BCUT2D eigenvalue weighted by Gasteiger charge is -2.60. The standard InChI is InChI=1S/C22H36O3/c1-15(9-13-24-16(2)23)17-14-19-21(5)11-7-10-20(3,4)18(21)8-12-22(19,6)25-17/h9,17-19H,7-8,10-14H2,1-6H3/b15-9-/t17?,18-,19?,21-,22+/m0/s1. The number of rotatable bonds is 3. The summed E-state index contributed by atoms with van der Waals surface area (Å²) >= 11 is 0. The van der Waals surface area contributed by atoms with Crippen LogP contribution in [0, 0.1) is 22.7 Å². The molecule has 0 N–H and O–H groups in total. The molecule has 0 radical (unpaired) electrons. The van der Waals surface area contributed by atoms with E-state index in [1.165, 1.54) is 44.6 Å². The highest BCUT2D eigenvalue weighted by Gasteiger charge is 2.62. The molecule has 3 fully saturated rings. The molecule has 0 aromatic rings. The maximum absolute atomic E-state index is 11.0. The van der Waals surface area contributed by atoms with Gasteiger partial charge in [-0.15, -0.1) is 0 Å². The van der Waals surface area contributed by atoms with Gasteiger partial charge in [-0.3, -0.25) is 4.79 Å². The summed E-state index contributed by atoms with van der Waals surface area (Å²) in [6, 6.07) is 0. The van der Waals surface area contributed by atoms with Crippen molar-refractivity contribution in [1.29, 1.82) is 0 Å². The van der Waals surface area contributed by atoms with Crippen LogP contribution in [0.2, 0.25) is 0 Å². The van der Waals surface area contributed by atoms with Crippen LogP contribution in [0.3, 0.4) is 0 Å². The van der Waals surface area contributed by atoms with Crippen molar-refractivity contribution in [3.8, 4) is 0 Å². The number of esters is 1. The Hall–Kier alpha value is -0.830. The van der Waals surface area contributed by atoms with E-state index in [0.717, 1.165) is 12.3 Å². The number of carbonyl (C=O) groups is 1. The van der Waals surface area contributed by atoms with Crippen molar-refractivity contribution in [3.05, 3.63) is 11.6 Å². The Labute approximate surface area is 153 Å². The van der Waals surface area contributed by atoms with E-state index in [9.17, 15) is 4.79 Å². The van der Waals surface area contributed by atoms with E-state index < -0.39 is 0 Å². The molecule has 3 nitrogen and oxygen atoms in total. The van der Waals surface area contributed by atoms with Crippen molar-refractivity contribution in [3.63, 3.8) is 0 Å². The Bertz CT molecular complexity index is 564. The lowest BCUT2D eigenvalue weighted by molar-refractivity contribution is -0.152. The highest BCUT2D eigenvalue weighted by atomic mass is 16.5. The zero-order chi connectivity index (χ0) is 18.5. The summed E-state index contributed by atoms with van der Waals surface area (Å²) in [4.78, 5) is 11.0. The van der Waals surface area contributed by atoms with Gasteiger partial charge in [0.15, 0.2) is 0 Å². The average Bonchev–Trinajstić information content (AvgIpc) is 2.85. The fourth-order valence-electron chi connectivity index (χ4n) is 6.55. The van der Waals surface area contributed by atoms with Gasteiger partial charge >= 0.3 is 5.97 Å². The van der Waals surface area contributed by atoms with Gasteiger partial charge < -0.3 is 9.47 Å². The van der Waals surface area contributed by atoms with Crippen LogP contribution in [-0.4, -0.2) is 24.3 Å². The van der Waals surface area contributed by atoms with Crippen molar-refractivity contribution in [1.82, 2.24) is 0 Å². The monoisotopic (exact) mass is 348 g/mol. The van der Waals surface area contributed by atoms with Gasteiger partial charge in [0, 0.05) is 6.92 Å². The quantitative estimate of drug-likeness (QED) is 0.514. The minimum atomic E-state index is -0.225. The van der Waals surface area contributed by atoms with Crippen molar-refractivity contribution in [2.24, 2.45) is 22.7 Å². The maximum atomic E-state index is 11.0. The van der Waals surface area contributed by atoms with Gasteiger partial charge in [0.05, 0.1) is 11.7 Å². The molecule has 3 rings (SSSR count). The van der Waals surface area contributed by atoms with Crippen LogP contribution >= 0.6 is 0 Å². The fraction of sp³-hybridized carbons (Fsp3) is 0.864. The van der Waals surface area contributed by atoms with Gasteiger partial charge in [-0.1, -0.05) is 27.2 Å². The van der Waals surface area contributed by atoms with Crippen LogP contribution in [0.4, 0.5) is 0 Å². The predicted octanol–water partition coefficient (Wildman–Crippen LogP) is 5.29. The van der Waals surface area contributed by atoms with E-state index in [1.54, 1.807) is 0 Å². The Balaban J connectivity index is 1.79. The molecule has 0 aromatic heterocycles. The van der Waals surface area contributed by atoms with E-state index >= 15 is 0 Å². The normalized spacial score (nSPS) is 43.3. The molecule has 0 spiro atoms. The maximum Gasteiger partial charge on any atom is 0.302 e. The number of hydrogen-bond donors (Lipinski definition) is 0. The predicted molar refractivity (Wildman–Crippen MR) is 100 cm³/mol. The third kappa shape index (κ3) is 3.29. The van der Waals surface area contributed by atoms with Crippen LogP contribution in [0.15, 0.2) is 11.6 Å². The van der Waals surface area contributed by atoms with E-state index in [1.807, 2.05) is 6.08 Å². The molecule has 3 heteroatoms. The molecule has 2 unspecified atom stereocenters. The molecule has 5 atom stereocenters. The first-order valence-electron chi connectivity index (χ1n) is 10.1. The number of hydrogen-bond acceptors (Lipinski definition) is 3. The molecule has 1 saturated heterocycles. The summed E-state index contributed by atoms with van der Waals surface area (Å²) in [5.74, 6) is 1.21. The van der Waals surface area contributed by atoms with Gasteiger partial charge in [0.1, 0.15) is 6.61 Å². The topological polar surface area (TPSA) is 35.5 Å². The smallest absolute Gasteiger partial charge is 0.302 e. The number of fused-ring (bicyclic) bond motifs is 3. The fourth-order valence-corrected chi connectivity index (χ4v) is 6.55. The van der Waals surface area contributed by atoms with Gasteiger partial charge in [-0.05, 0) is 80.3 Å². The zero-order valence-electron chi connectivity index (χ0n) is 17.0. The summed E-state index contributed by atoms with van der Waals surface area (Å²) in [6.07, 6.45) is 9.83. The average molecular weight is 349 g/mol. The second-order valence-corrected chi connectivity index (χ2v) is 9.90. The van der Waals surface area contributed by atoms with Gasteiger partial charge in [0.2, 0.25) is 0 Å². The SMILES string of the molecule is CC(=O)OC/C=C(/C)C1CC2[C@@](C)(CC[C@H]3C(C)(C)CCC[C@]23C)O1. The summed E-state index contributed by atoms with van der Waals surface area (Å²) in [5.41, 5.74) is 2.05. The third-order valence-corrected chi connectivity index (χ3v) is 7.80. The van der Waals surface area contributed by atoms with Crippen LogP contribution in [0.1, 0.15) is 80.1 Å². The largest absolute Gasteiger partial charge is 0.462 e. The summed E-state index contributed by atoms with van der Waals surface area (Å²) < 4.78 is 11.7. The number of carbonyl (C=O) groups excluding carboxylic acids is 1. The molecule has 1 aliphatic heterocycles. The van der Waals surface area contributed by atoms with Crippen LogP contribution < -0.4 is 0 Å². The third-order valence-electron chi connectivity index (χ3n) is 7.80. The van der Waals surface area contributed by atoms with Crippen LogP contribution in [-0.2, 0) is 14.3 Å². The summed E-state index contributed by atoms with van der Waals surface area (Å²) in [6.45, 7) is 13.8. The number of ether oxygens (including phenoxy) is 2. The Kier molecular flexibility index (Phi) is 4.85. The lowest BCUT2D eigenvalue weighted by Crippen LogP contribution is -2.55. The zero-order valence-corrected chi connectivity index (χ0v) is 17.0. The van der Waals surface area contributed by atoms with Crippen molar-refractivity contribution in [2.75, 3.05) is 6.61 Å². The molecule has 25 heavy (non-hydrogen) atoms. The minimum absolute atomic E-state index is 0.000129. The van der Waals surface area contributed by atoms with E-state index in [0.29, 0.717) is 23.4 Å². The minimum Gasteiger partial charge on any atom is -0.462 e. The molecule has 0 aromatic carbocycles. The first-order chi connectivity index (χ1) is 11.6. The van der Waals surface area contributed by atoms with Crippen molar-refractivity contribution >= 4 is 5.97 Å². The molecule has 1 heterocycles. The van der Waals surface area contributed by atoms with Gasteiger partial charge in [-0.25, -0.2) is 0 Å². The highest BCUT2D eigenvalue weighted by molar-refractivity contribution is 5.66. The molecule has 0 bridgehead atoms. The van der Waals surface area contributed by atoms with Crippen LogP contribution in [0.5, 0.6) is 0 Å². The van der Waals surface area contributed by atoms with E-state index in [-0.39, 0.29) is 17.7 Å². The Morgan fingerprint density at radius 1 is 1.12 bits per heavy atom. The molecular weight excluding hydrogens is 312 g/mol. The lowest BCUT2D eigenvalue weighted by atomic mass is 9.45. The second kappa shape index (κ2) is 6.40.